The molecule has 0 aromatic carbocycles. The van der Waals surface area contributed by atoms with Crippen molar-refractivity contribution >= 4 is 5.78 Å². The second-order valence-corrected chi connectivity index (χ2v) is 5.18. The molecule has 2 rings (SSSR count). The molecule has 0 bridgehead atoms. The molecule has 1 aromatic rings. The number of carbonyl (C=O) groups is 1. The number of nitrogens with two attached hydrogens (primary N) is 1. The Bertz CT molecular complexity index is 413. The number of nitrogens with zero attached hydrogens (tertiary/aromatic N) is 2. The molecule has 2 N–H and O–H groups in total. The Labute approximate surface area is 102 Å². The molecule has 1 aliphatic carbocycles. The van der Waals surface area contributed by atoms with Gasteiger partial charge in [-0.05, 0) is 25.3 Å². The van der Waals surface area contributed by atoms with Crippen LogP contribution < -0.4 is 5.73 Å². The quantitative estimate of drug-likeness (QED) is 0.812. The fraction of sp³-hybridized carbons (Fsp3) is 0.692. The molecule has 2 unspecified atom stereocenters. The maximum absolute atomic E-state index is 12.6. The van der Waals surface area contributed by atoms with E-state index in [-0.39, 0.29) is 11.8 Å². The van der Waals surface area contributed by atoms with Crippen molar-refractivity contribution in [1.29, 1.82) is 0 Å². The van der Waals surface area contributed by atoms with E-state index in [9.17, 15) is 4.79 Å². The fourth-order valence-corrected chi connectivity index (χ4v) is 2.68. The highest BCUT2D eigenvalue weighted by atomic mass is 16.1. The summed E-state index contributed by atoms with van der Waals surface area (Å²) in [5.41, 5.74) is 6.41. The van der Waals surface area contributed by atoms with Gasteiger partial charge in [0.25, 0.3) is 0 Å². The van der Waals surface area contributed by atoms with Crippen molar-refractivity contribution in [3.63, 3.8) is 0 Å². The van der Waals surface area contributed by atoms with Gasteiger partial charge >= 0.3 is 0 Å². The molecule has 17 heavy (non-hydrogen) atoms. The van der Waals surface area contributed by atoms with Gasteiger partial charge in [-0.3, -0.25) is 9.48 Å². The van der Waals surface area contributed by atoms with Gasteiger partial charge in [0.1, 0.15) is 5.69 Å². The Morgan fingerprint density at radius 1 is 1.71 bits per heavy atom. The topological polar surface area (TPSA) is 60.9 Å². The summed E-state index contributed by atoms with van der Waals surface area (Å²) in [4.78, 5) is 12.6. The van der Waals surface area contributed by atoms with Crippen LogP contribution in [0.4, 0.5) is 0 Å². The van der Waals surface area contributed by atoms with Crippen molar-refractivity contribution in [3.8, 4) is 0 Å². The number of aromatic nitrogens is 2. The maximum Gasteiger partial charge on any atom is 0.188 e. The van der Waals surface area contributed by atoms with Crippen molar-refractivity contribution in [2.24, 2.45) is 11.1 Å². The van der Waals surface area contributed by atoms with E-state index in [0.717, 1.165) is 32.2 Å². The molecular weight excluding hydrogens is 214 g/mol. The minimum absolute atomic E-state index is 0.0139. The third-order valence-corrected chi connectivity index (χ3v) is 3.93. The van der Waals surface area contributed by atoms with E-state index in [1.807, 2.05) is 13.0 Å². The van der Waals surface area contributed by atoms with Gasteiger partial charge in [0.05, 0.1) is 0 Å². The molecule has 0 aliphatic heterocycles. The molecule has 4 nitrogen and oxygen atoms in total. The fourth-order valence-electron chi connectivity index (χ4n) is 2.68. The third kappa shape index (κ3) is 2.02. The van der Waals surface area contributed by atoms with Gasteiger partial charge in [-0.1, -0.05) is 20.3 Å². The number of Topliss-reactive ketones (excluding diaryl/α,β-unsaturated/α-hetero) is 1. The molecular formula is C13H21N3O. The van der Waals surface area contributed by atoms with Crippen LogP contribution in [-0.2, 0) is 6.54 Å². The van der Waals surface area contributed by atoms with E-state index in [1.165, 1.54) is 0 Å². The van der Waals surface area contributed by atoms with E-state index in [4.69, 9.17) is 5.73 Å². The molecule has 0 saturated heterocycles. The number of hydrogen-bond donors (Lipinski definition) is 1. The van der Waals surface area contributed by atoms with Gasteiger partial charge in [-0.2, -0.15) is 5.10 Å². The SMILES string of the molecule is CCCn1nccc1C(=O)C1(C)CCCC1N. The standard InChI is InChI=1S/C13H21N3O/c1-3-9-16-10(6-8-15-16)12(17)13(2)7-4-5-11(13)14/h6,8,11H,3-5,7,9,14H2,1-2H3. The summed E-state index contributed by atoms with van der Waals surface area (Å²) in [6, 6.07) is 1.80. The molecule has 1 aliphatic rings. The van der Waals surface area contributed by atoms with Crippen LogP contribution in [0.1, 0.15) is 50.0 Å². The summed E-state index contributed by atoms with van der Waals surface area (Å²) >= 11 is 0. The molecule has 94 valence electrons. The van der Waals surface area contributed by atoms with Crippen LogP contribution in [-0.4, -0.2) is 21.6 Å². The van der Waals surface area contributed by atoms with Crippen LogP contribution >= 0.6 is 0 Å². The molecule has 2 atom stereocenters. The van der Waals surface area contributed by atoms with E-state index < -0.39 is 5.41 Å². The zero-order valence-electron chi connectivity index (χ0n) is 10.6. The lowest BCUT2D eigenvalue weighted by atomic mass is 9.79. The smallest absolute Gasteiger partial charge is 0.188 e. The summed E-state index contributed by atoms with van der Waals surface area (Å²) < 4.78 is 1.80. The zero-order valence-corrected chi connectivity index (χ0v) is 10.6. The van der Waals surface area contributed by atoms with E-state index in [1.54, 1.807) is 10.9 Å². The van der Waals surface area contributed by atoms with Crippen LogP contribution in [0.3, 0.4) is 0 Å². The Balaban J connectivity index is 2.27. The zero-order chi connectivity index (χ0) is 12.5. The Morgan fingerprint density at radius 3 is 3.06 bits per heavy atom. The number of carbonyl (C=O) groups excluding carboxylic acids is 1. The Morgan fingerprint density at radius 2 is 2.47 bits per heavy atom. The highest BCUT2D eigenvalue weighted by molar-refractivity contribution is 5.99. The van der Waals surface area contributed by atoms with E-state index in [0.29, 0.717) is 5.69 Å². The molecule has 1 saturated carbocycles. The highest BCUT2D eigenvalue weighted by Gasteiger charge is 2.44. The molecule has 1 fully saturated rings. The summed E-state index contributed by atoms with van der Waals surface area (Å²) in [7, 11) is 0. The van der Waals surface area contributed by atoms with E-state index >= 15 is 0 Å². The average Bonchev–Trinajstić information content (AvgIpc) is 2.88. The van der Waals surface area contributed by atoms with Crippen LogP contribution in [0.25, 0.3) is 0 Å². The number of hydrogen-bond acceptors (Lipinski definition) is 3. The first kappa shape index (κ1) is 12.3. The van der Waals surface area contributed by atoms with Gasteiger partial charge in [-0.15, -0.1) is 0 Å². The second kappa shape index (κ2) is 4.61. The normalized spacial score (nSPS) is 28.5. The predicted octanol–water partition coefficient (Wildman–Crippen LogP) is 1.99. The molecule has 4 heteroatoms. The molecule has 1 heterocycles. The van der Waals surface area contributed by atoms with Crippen LogP contribution in [0, 0.1) is 5.41 Å². The number of rotatable bonds is 4. The van der Waals surface area contributed by atoms with Crippen LogP contribution in [0.5, 0.6) is 0 Å². The first-order valence-electron chi connectivity index (χ1n) is 6.42. The maximum atomic E-state index is 12.6. The van der Waals surface area contributed by atoms with Crippen molar-refractivity contribution in [1.82, 2.24) is 9.78 Å². The predicted molar refractivity (Wildman–Crippen MR) is 66.8 cm³/mol. The lowest BCUT2D eigenvalue weighted by Gasteiger charge is -2.27. The third-order valence-electron chi connectivity index (χ3n) is 3.93. The summed E-state index contributed by atoms with van der Waals surface area (Å²) in [5.74, 6) is 0.161. The monoisotopic (exact) mass is 235 g/mol. The Kier molecular flexibility index (Phi) is 3.33. The first-order valence-corrected chi connectivity index (χ1v) is 6.42. The Hall–Kier alpha value is -1.16. The lowest BCUT2D eigenvalue weighted by molar-refractivity contribution is 0.0790. The summed E-state index contributed by atoms with van der Waals surface area (Å²) in [6.45, 7) is 4.87. The van der Waals surface area contributed by atoms with Gasteiger partial charge in [-0.25, -0.2) is 0 Å². The van der Waals surface area contributed by atoms with Crippen molar-refractivity contribution in [3.05, 3.63) is 18.0 Å². The summed E-state index contributed by atoms with van der Waals surface area (Å²) in [5, 5.41) is 4.21. The van der Waals surface area contributed by atoms with Gasteiger partial charge < -0.3 is 5.73 Å². The van der Waals surface area contributed by atoms with Crippen molar-refractivity contribution < 1.29 is 4.79 Å². The first-order chi connectivity index (χ1) is 8.09. The highest BCUT2D eigenvalue weighted by Crippen LogP contribution is 2.39. The van der Waals surface area contributed by atoms with Gasteiger partial charge in [0, 0.05) is 24.2 Å². The number of ketones is 1. The molecule has 0 amide bonds. The lowest BCUT2D eigenvalue weighted by Crippen LogP contribution is -2.41. The summed E-state index contributed by atoms with van der Waals surface area (Å²) in [6.07, 6.45) is 5.57. The van der Waals surface area contributed by atoms with Gasteiger partial charge in [0.2, 0.25) is 0 Å². The number of aryl methyl sites for hydroxylation is 1. The molecule has 0 radical (unpaired) electrons. The van der Waals surface area contributed by atoms with Crippen LogP contribution in [0.2, 0.25) is 0 Å². The largest absolute Gasteiger partial charge is 0.327 e. The minimum atomic E-state index is -0.397. The second-order valence-electron chi connectivity index (χ2n) is 5.18. The van der Waals surface area contributed by atoms with E-state index in [2.05, 4.69) is 12.0 Å². The molecule has 1 aromatic heterocycles. The van der Waals surface area contributed by atoms with Gasteiger partial charge in [0.15, 0.2) is 5.78 Å². The van der Waals surface area contributed by atoms with Crippen molar-refractivity contribution in [2.75, 3.05) is 0 Å². The van der Waals surface area contributed by atoms with Crippen LogP contribution in [0.15, 0.2) is 12.3 Å². The minimum Gasteiger partial charge on any atom is -0.327 e. The molecule has 0 spiro atoms. The van der Waals surface area contributed by atoms with Crippen molar-refractivity contribution in [2.45, 2.75) is 52.1 Å². The average molecular weight is 235 g/mol.